The summed E-state index contributed by atoms with van der Waals surface area (Å²) in [6, 6.07) is 0. The third kappa shape index (κ3) is 10.3. The molecular weight excluding hydrogens is 240 g/mol. The molecule has 0 heteroatoms. The summed E-state index contributed by atoms with van der Waals surface area (Å²) >= 11 is 0. The number of allylic oxidation sites excluding steroid dienone is 4. The van der Waals surface area contributed by atoms with Gasteiger partial charge >= 0.3 is 0 Å². The average molecular weight is 279 g/mol. The Morgan fingerprint density at radius 3 is 1.20 bits per heavy atom. The van der Waals surface area contributed by atoms with Crippen LogP contribution in [-0.2, 0) is 0 Å². The molecule has 0 bridgehead atoms. The predicted molar refractivity (Wildman–Crippen MR) is 94.3 cm³/mol. The van der Waals surface area contributed by atoms with E-state index in [1.165, 1.54) is 77.0 Å². The largest absolute Gasteiger partial charge is 0.0842 e. The fourth-order valence-corrected chi connectivity index (χ4v) is 2.82. The Labute approximate surface area is 128 Å². The first-order valence-electron chi connectivity index (χ1n) is 9.10. The maximum atomic E-state index is 2.35. The van der Waals surface area contributed by atoms with Crippen molar-refractivity contribution < 1.29 is 0 Å². The van der Waals surface area contributed by atoms with Crippen LogP contribution >= 0.6 is 0 Å². The lowest BCUT2D eigenvalue weighted by atomic mass is 9.94. The van der Waals surface area contributed by atoms with E-state index in [1.54, 1.807) is 11.1 Å². The molecule has 0 aromatic rings. The second kappa shape index (κ2) is 14.9. The fraction of sp³-hybridized carbons (Fsp3) is 0.800. The molecule has 0 aliphatic rings. The van der Waals surface area contributed by atoms with Crippen molar-refractivity contribution in [2.45, 2.75) is 105 Å². The fourth-order valence-electron chi connectivity index (χ4n) is 2.82. The summed E-state index contributed by atoms with van der Waals surface area (Å²) in [5, 5.41) is 0. The van der Waals surface area contributed by atoms with Crippen LogP contribution in [0.25, 0.3) is 0 Å². The van der Waals surface area contributed by atoms with Crippen LogP contribution in [0.5, 0.6) is 0 Å². The van der Waals surface area contributed by atoms with Gasteiger partial charge in [-0.3, -0.25) is 0 Å². The van der Waals surface area contributed by atoms with Gasteiger partial charge < -0.3 is 0 Å². The van der Waals surface area contributed by atoms with Gasteiger partial charge in [0.1, 0.15) is 0 Å². The normalized spacial score (nSPS) is 13.0. The molecular formula is C20H38. The number of hydrogen-bond acceptors (Lipinski definition) is 0. The van der Waals surface area contributed by atoms with Crippen molar-refractivity contribution in [1.82, 2.24) is 0 Å². The van der Waals surface area contributed by atoms with Crippen LogP contribution in [0.4, 0.5) is 0 Å². The van der Waals surface area contributed by atoms with Crippen molar-refractivity contribution in [3.05, 3.63) is 23.3 Å². The number of hydrogen-bond donors (Lipinski definition) is 0. The summed E-state index contributed by atoms with van der Waals surface area (Å²) in [4.78, 5) is 0. The molecule has 20 heavy (non-hydrogen) atoms. The summed E-state index contributed by atoms with van der Waals surface area (Å²) in [6.45, 7) is 8.99. The van der Waals surface area contributed by atoms with Crippen LogP contribution < -0.4 is 0 Å². The molecule has 0 nitrogen and oxygen atoms in total. The first-order chi connectivity index (χ1) is 9.79. The Morgan fingerprint density at radius 1 is 0.550 bits per heavy atom. The van der Waals surface area contributed by atoms with Gasteiger partial charge in [-0.2, -0.15) is 0 Å². The first-order valence-corrected chi connectivity index (χ1v) is 9.10. The molecule has 0 heterocycles. The topological polar surface area (TPSA) is 0 Å². The first kappa shape index (κ1) is 19.5. The second-order valence-corrected chi connectivity index (χ2v) is 5.96. The lowest BCUT2D eigenvalue weighted by Gasteiger charge is -2.12. The Hall–Kier alpha value is -0.520. The van der Waals surface area contributed by atoms with Crippen molar-refractivity contribution in [1.29, 1.82) is 0 Å². The maximum absolute atomic E-state index is 2.35. The summed E-state index contributed by atoms with van der Waals surface area (Å²) in [5.41, 5.74) is 3.22. The Kier molecular flexibility index (Phi) is 14.5. The maximum Gasteiger partial charge on any atom is -0.0280 e. The molecule has 0 saturated heterocycles. The minimum absolute atomic E-state index is 1.29. The molecule has 0 aliphatic heterocycles. The lowest BCUT2D eigenvalue weighted by Crippen LogP contribution is -1.92. The van der Waals surface area contributed by atoms with E-state index in [2.05, 4.69) is 39.8 Å². The molecule has 0 rings (SSSR count). The average Bonchev–Trinajstić information content (AvgIpc) is 2.48. The third-order valence-electron chi connectivity index (χ3n) is 4.21. The monoisotopic (exact) mass is 278 g/mol. The van der Waals surface area contributed by atoms with Gasteiger partial charge in [-0.15, -0.1) is 0 Å². The van der Waals surface area contributed by atoms with Crippen molar-refractivity contribution in [2.24, 2.45) is 0 Å². The SMILES string of the molecule is CC=C(CCCCCCC)C(=CC)CCCCCCC. The van der Waals surface area contributed by atoms with Gasteiger partial charge in [-0.1, -0.05) is 77.4 Å². The minimum Gasteiger partial charge on any atom is -0.0842 e. The quantitative estimate of drug-likeness (QED) is 0.240. The van der Waals surface area contributed by atoms with Crippen LogP contribution in [0.3, 0.4) is 0 Å². The highest BCUT2D eigenvalue weighted by Crippen LogP contribution is 2.23. The zero-order chi connectivity index (χ0) is 15.1. The molecule has 0 amide bonds. The number of unbranched alkanes of at least 4 members (excludes halogenated alkanes) is 8. The second-order valence-electron chi connectivity index (χ2n) is 5.96. The smallest absolute Gasteiger partial charge is 0.0280 e. The predicted octanol–water partition coefficient (Wildman–Crippen LogP) is 7.60. The molecule has 0 aliphatic carbocycles. The standard InChI is InChI=1S/C20H38/c1-5-9-11-13-15-17-19(7-3)20(8-4)18-16-14-12-10-6-2/h7-8H,5-6,9-18H2,1-4H3. The Morgan fingerprint density at radius 2 is 0.900 bits per heavy atom. The summed E-state index contributed by atoms with van der Waals surface area (Å²) < 4.78 is 0. The molecule has 0 N–H and O–H groups in total. The summed E-state index contributed by atoms with van der Waals surface area (Å²) in [5.74, 6) is 0. The van der Waals surface area contributed by atoms with E-state index < -0.39 is 0 Å². The molecule has 0 saturated carbocycles. The van der Waals surface area contributed by atoms with Crippen LogP contribution in [0.15, 0.2) is 23.3 Å². The van der Waals surface area contributed by atoms with Crippen LogP contribution in [0.2, 0.25) is 0 Å². The molecule has 0 atom stereocenters. The molecule has 0 radical (unpaired) electrons. The zero-order valence-electron chi connectivity index (χ0n) is 14.6. The van der Waals surface area contributed by atoms with Gasteiger partial charge in [0.2, 0.25) is 0 Å². The molecule has 0 fully saturated rings. The van der Waals surface area contributed by atoms with E-state index in [0.29, 0.717) is 0 Å². The van der Waals surface area contributed by atoms with Gasteiger partial charge in [-0.25, -0.2) is 0 Å². The highest BCUT2D eigenvalue weighted by atomic mass is 14.1. The lowest BCUT2D eigenvalue weighted by molar-refractivity contribution is 0.618. The van der Waals surface area contributed by atoms with Gasteiger partial charge in [0.05, 0.1) is 0 Å². The summed E-state index contributed by atoms with van der Waals surface area (Å²) in [7, 11) is 0. The van der Waals surface area contributed by atoms with Crippen LogP contribution in [-0.4, -0.2) is 0 Å². The van der Waals surface area contributed by atoms with Crippen molar-refractivity contribution in [2.75, 3.05) is 0 Å². The highest BCUT2D eigenvalue weighted by Gasteiger charge is 2.04. The van der Waals surface area contributed by atoms with Crippen LogP contribution in [0.1, 0.15) is 105 Å². The molecule has 0 unspecified atom stereocenters. The third-order valence-corrected chi connectivity index (χ3v) is 4.21. The van der Waals surface area contributed by atoms with E-state index in [9.17, 15) is 0 Å². The van der Waals surface area contributed by atoms with Gasteiger partial charge in [0.25, 0.3) is 0 Å². The molecule has 118 valence electrons. The molecule has 0 aromatic heterocycles. The van der Waals surface area contributed by atoms with E-state index in [0.717, 1.165) is 0 Å². The van der Waals surface area contributed by atoms with Gasteiger partial charge in [0, 0.05) is 0 Å². The van der Waals surface area contributed by atoms with Crippen molar-refractivity contribution in [3.63, 3.8) is 0 Å². The van der Waals surface area contributed by atoms with E-state index in [4.69, 9.17) is 0 Å². The highest BCUT2D eigenvalue weighted by molar-refractivity contribution is 5.29. The van der Waals surface area contributed by atoms with Crippen LogP contribution in [0, 0.1) is 0 Å². The Bertz CT molecular complexity index is 229. The Balaban J connectivity index is 3.93. The van der Waals surface area contributed by atoms with Crippen molar-refractivity contribution in [3.8, 4) is 0 Å². The van der Waals surface area contributed by atoms with E-state index >= 15 is 0 Å². The summed E-state index contributed by atoms with van der Waals surface area (Å²) in [6.07, 6.45) is 21.1. The van der Waals surface area contributed by atoms with Gasteiger partial charge in [-0.05, 0) is 50.7 Å². The van der Waals surface area contributed by atoms with E-state index in [1.807, 2.05) is 0 Å². The molecule has 0 spiro atoms. The molecule has 0 aromatic carbocycles. The van der Waals surface area contributed by atoms with Gasteiger partial charge in [0.15, 0.2) is 0 Å². The minimum atomic E-state index is 1.29. The number of rotatable bonds is 13. The van der Waals surface area contributed by atoms with Crippen molar-refractivity contribution >= 4 is 0 Å². The zero-order valence-corrected chi connectivity index (χ0v) is 14.6. The van der Waals surface area contributed by atoms with E-state index in [-0.39, 0.29) is 0 Å².